The van der Waals surface area contributed by atoms with Crippen molar-refractivity contribution in [2.24, 2.45) is 0 Å². The van der Waals surface area contributed by atoms with E-state index in [9.17, 15) is 9.90 Å². The second-order valence-corrected chi connectivity index (χ2v) is 6.62. The van der Waals surface area contributed by atoms with Gasteiger partial charge in [-0.15, -0.1) is 0 Å². The number of carbonyl (C=O) groups is 1. The summed E-state index contributed by atoms with van der Waals surface area (Å²) in [4.78, 5) is 11.8. The highest BCUT2D eigenvalue weighted by Crippen LogP contribution is 2.24. The van der Waals surface area contributed by atoms with Crippen molar-refractivity contribution in [3.63, 3.8) is 0 Å². The van der Waals surface area contributed by atoms with Gasteiger partial charge in [0, 0.05) is 28.8 Å². The van der Waals surface area contributed by atoms with Crippen molar-refractivity contribution < 1.29 is 14.5 Å². The van der Waals surface area contributed by atoms with E-state index in [0.29, 0.717) is 6.54 Å². The molecule has 4 rings (SSSR count). The van der Waals surface area contributed by atoms with Crippen LogP contribution in [0.4, 0.5) is 0 Å². The average Bonchev–Trinajstić information content (AvgIpc) is 2.75. The van der Waals surface area contributed by atoms with Gasteiger partial charge in [-0.3, -0.25) is 0 Å². The first-order valence-electron chi connectivity index (χ1n) is 9.18. The zero-order valence-electron chi connectivity index (χ0n) is 15.3. The topological polar surface area (TPSA) is 41.2 Å². The van der Waals surface area contributed by atoms with Crippen molar-refractivity contribution in [2.45, 2.75) is 6.54 Å². The third-order valence-electron chi connectivity index (χ3n) is 4.74. The predicted octanol–water partition coefficient (Wildman–Crippen LogP) is 5.05. The molecule has 1 aromatic heterocycles. The molecule has 0 bridgehead atoms. The zero-order chi connectivity index (χ0) is 19.3. The first-order valence-corrected chi connectivity index (χ1v) is 9.18. The summed E-state index contributed by atoms with van der Waals surface area (Å²) in [6.07, 6.45) is 0. The third kappa shape index (κ3) is 3.69. The summed E-state index contributed by atoms with van der Waals surface area (Å²) in [5.74, 6) is -0.929. The summed E-state index contributed by atoms with van der Waals surface area (Å²) in [6.45, 7) is 0.648. The molecular formula is C25H20NO2+. The van der Waals surface area contributed by atoms with E-state index in [-0.39, 0.29) is 5.56 Å². The molecule has 0 aliphatic heterocycles. The summed E-state index contributed by atoms with van der Waals surface area (Å²) in [6, 6.07) is 33.6. The molecule has 1 N–H and O–H groups in total. The average molecular weight is 366 g/mol. The third-order valence-corrected chi connectivity index (χ3v) is 4.74. The first kappa shape index (κ1) is 17.7. The van der Waals surface area contributed by atoms with Gasteiger partial charge < -0.3 is 5.11 Å². The normalized spacial score (nSPS) is 10.6. The lowest BCUT2D eigenvalue weighted by Gasteiger charge is -2.11. The maximum atomic E-state index is 11.8. The monoisotopic (exact) mass is 366 g/mol. The number of hydrogen-bond acceptors (Lipinski definition) is 1. The highest BCUT2D eigenvalue weighted by molar-refractivity contribution is 5.90. The molecule has 4 aromatic rings. The van der Waals surface area contributed by atoms with E-state index in [2.05, 4.69) is 16.7 Å². The van der Waals surface area contributed by atoms with Crippen LogP contribution in [0.5, 0.6) is 0 Å². The van der Waals surface area contributed by atoms with Crippen molar-refractivity contribution in [3.8, 4) is 22.5 Å². The fourth-order valence-electron chi connectivity index (χ4n) is 3.38. The number of hydrogen-bond donors (Lipinski definition) is 1. The zero-order valence-corrected chi connectivity index (χ0v) is 15.3. The Morgan fingerprint density at radius 1 is 0.679 bits per heavy atom. The van der Waals surface area contributed by atoms with Crippen LogP contribution in [0.3, 0.4) is 0 Å². The van der Waals surface area contributed by atoms with Crippen LogP contribution in [0.1, 0.15) is 15.9 Å². The molecule has 0 amide bonds. The molecule has 0 atom stereocenters. The second kappa shape index (κ2) is 7.89. The summed E-state index contributed by atoms with van der Waals surface area (Å²) in [7, 11) is 0. The Balaban J connectivity index is 2.00. The second-order valence-electron chi connectivity index (χ2n) is 6.62. The molecular weight excluding hydrogens is 346 g/mol. The van der Waals surface area contributed by atoms with Gasteiger partial charge in [0.25, 0.3) is 0 Å². The van der Waals surface area contributed by atoms with E-state index < -0.39 is 5.97 Å². The summed E-state index contributed by atoms with van der Waals surface area (Å²) >= 11 is 0. The Bertz CT molecular complexity index is 1030. The van der Waals surface area contributed by atoms with Crippen molar-refractivity contribution >= 4 is 5.97 Å². The SMILES string of the molecule is O=C(O)c1cc(-c2ccccc2)[n+](Cc2ccccc2)c(-c2ccccc2)c1. The van der Waals surface area contributed by atoms with Crippen LogP contribution < -0.4 is 4.57 Å². The lowest BCUT2D eigenvalue weighted by atomic mass is 10.0. The maximum Gasteiger partial charge on any atom is 0.336 e. The Labute approximate surface area is 164 Å². The Morgan fingerprint density at radius 3 is 1.54 bits per heavy atom. The molecule has 3 nitrogen and oxygen atoms in total. The Hall–Kier alpha value is -3.72. The number of carboxylic acids is 1. The number of benzene rings is 3. The predicted molar refractivity (Wildman–Crippen MR) is 110 cm³/mol. The molecule has 0 saturated heterocycles. The van der Waals surface area contributed by atoms with Gasteiger partial charge in [-0.05, 0) is 24.3 Å². The van der Waals surface area contributed by atoms with Crippen LogP contribution in [-0.2, 0) is 6.54 Å². The number of nitrogens with zero attached hydrogens (tertiary/aromatic N) is 1. The highest BCUT2D eigenvalue weighted by Gasteiger charge is 2.24. The summed E-state index contributed by atoms with van der Waals surface area (Å²) in [5.41, 5.74) is 5.16. The minimum Gasteiger partial charge on any atom is -0.478 e. The van der Waals surface area contributed by atoms with Crippen molar-refractivity contribution in [1.82, 2.24) is 0 Å². The van der Waals surface area contributed by atoms with Gasteiger partial charge in [0.2, 0.25) is 11.4 Å². The molecule has 136 valence electrons. The van der Waals surface area contributed by atoms with E-state index in [0.717, 1.165) is 28.1 Å². The number of rotatable bonds is 5. The van der Waals surface area contributed by atoms with Crippen molar-refractivity contribution in [3.05, 3.63) is 114 Å². The van der Waals surface area contributed by atoms with Crippen LogP contribution in [0.15, 0.2) is 103 Å². The Morgan fingerprint density at radius 2 is 1.11 bits per heavy atom. The quantitative estimate of drug-likeness (QED) is 0.502. The molecule has 0 unspecified atom stereocenters. The number of aromatic nitrogens is 1. The van der Waals surface area contributed by atoms with Crippen LogP contribution in [0.2, 0.25) is 0 Å². The smallest absolute Gasteiger partial charge is 0.336 e. The molecule has 0 saturated carbocycles. The minimum absolute atomic E-state index is 0.280. The number of pyridine rings is 1. The minimum atomic E-state index is -0.929. The molecule has 28 heavy (non-hydrogen) atoms. The van der Waals surface area contributed by atoms with Crippen LogP contribution in [0, 0.1) is 0 Å². The van der Waals surface area contributed by atoms with Gasteiger partial charge in [0.05, 0.1) is 5.56 Å². The summed E-state index contributed by atoms with van der Waals surface area (Å²) < 4.78 is 2.19. The molecule has 3 heteroatoms. The summed E-state index contributed by atoms with van der Waals surface area (Å²) in [5, 5.41) is 9.70. The lowest BCUT2D eigenvalue weighted by molar-refractivity contribution is -0.666. The molecule has 3 aromatic carbocycles. The maximum absolute atomic E-state index is 11.8. The molecule has 1 heterocycles. The van der Waals surface area contributed by atoms with E-state index in [1.165, 1.54) is 0 Å². The van der Waals surface area contributed by atoms with Crippen molar-refractivity contribution in [1.29, 1.82) is 0 Å². The molecule has 0 fully saturated rings. The van der Waals surface area contributed by atoms with E-state index >= 15 is 0 Å². The van der Waals surface area contributed by atoms with Gasteiger partial charge in [0.1, 0.15) is 0 Å². The fraction of sp³-hybridized carbons (Fsp3) is 0.0400. The Kier molecular flexibility index (Phi) is 4.98. The fourth-order valence-corrected chi connectivity index (χ4v) is 3.38. The van der Waals surface area contributed by atoms with Crippen molar-refractivity contribution in [2.75, 3.05) is 0 Å². The lowest BCUT2D eigenvalue weighted by Crippen LogP contribution is -2.40. The van der Waals surface area contributed by atoms with Gasteiger partial charge in [-0.2, -0.15) is 4.57 Å². The van der Waals surface area contributed by atoms with E-state index in [1.54, 1.807) is 12.1 Å². The van der Waals surface area contributed by atoms with Crippen LogP contribution >= 0.6 is 0 Å². The van der Waals surface area contributed by atoms with Crippen LogP contribution in [0.25, 0.3) is 22.5 Å². The largest absolute Gasteiger partial charge is 0.478 e. The molecule has 0 aliphatic carbocycles. The van der Waals surface area contributed by atoms with E-state index in [4.69, 9.17) is 0 Å². The molecule has 0 aliphatic rings. The first-order chi connectivity index (χ1) is 13.7. The van der Waals surface area contributed by atoms with Gasteiger partial charge in [-0.1, -0.05) is 66.7 Å². The van der Waals surface area contributed by atoms with Gasteiger partial charge >= 0.3 is 5.97 Å². The van der Waals surface area contributed by atoms with Gasteiger partial charge in [0.15, 0.2) is 6.54 Å². The number of carboxylic acid groups (broad SMARTS) is 1. The molecule has 0 spiro atoms. The highest BCUT2D eigenvalue weighted by atomic mass is 16.4. The van der Waals surface area contributed by atoms with Crippen LogP contribution in [-0.4, -0.2) is 11.1 Å². The molecule has 0 radical (unpaired) electrons. The van der Waals surface area contributed by atoms with E-state index in [1.807, 2.05) is 78.9 Å². The number of aromatic carboxylic acids is 1. The standard InChI is InChI=1S/C25H19NO2/c27-25(28)22-16-23(20-12-6-2-7-13-20)26(18-19-10-4-1-5-11-19)24(17-22)21-14-8-3-9-15-21/h1-17H,18H2/p+1. The van der Waals surface area contributed by atoms with Gasteiger partial charge in [-0.25, -0.2) is 4.79 Å².